The molecule has 0 N–H and O–H groups in total. The number of methoxy groups -OCH3 is 1. The fourth-order valence-electron chi connectivity index (χ4n) is 3.95. The molecule has 3 nitrogen and oxygen atoms in total. The fourth-order valence-corrected chi connectivity index (χ4v) is 3.95. The number of nitrogens with zero attached hydrogens (tertiary/aromatic N) is 1. The molecule has 1 saturated heterocycles. The van der Waals surface area contributed by atoms with Crippen molar-refractivity contribution < 1.29 is 9.47 Å². The minimum atomic E-state index is 0.0605. The third-order valence-corrected chi connectivity index (χ3v) is 5.11. The largest absolute Gasteiger partial charge is 0.384 e. The summed E-state index contributed by atoms with van der Waals surface area (Å²) >= 11 is 0. The van der Waals surface area contributed by atoms with Crippen molar-refractivity contribution in [3.8, 4) is 0 Å². The summed E-state index contributed by atoms with van der Waals surface area (Å²) in [7, 11) is 1.81. The van der Waals surface area contributed by atoms with E-state index in [1.165, 1.54) is 24.8 Å². The van der Waals surface area contributed by atoms with Crippen LogP contribution in [-0.4, -0.2) is 50.5 Å². The van der Waals surface area contributed by atoms with E-state index in [1.807, 2.05) is 7.11 Å². The second kappa shape index (κ2) is 6.91. The second-order valence-corrected chi connectivity index (χ2v) is 6.47. The lowest BCUT2D eigenvalue weighted by molar-refractivity contribution is -0.139. The van der Waals surface area contributed by atoms with E-state index in [1.54, 1.807) is 0 Å². The van der Waals surface area contributed by atoms with Crippen LogP contribution in [0.1, 0.15) is 24.8 Å². The summed E-state index contributed by atoms with van der Waals surface area (Å²) in [6, 6.07) is 10.8. The van der Waals surface area contributed by atoms with Gasteiger partial charge in [-0.1, -0.05) is 36.8 Å². The van der Waals surface area contributed by atoms with Crippen LogP contribution in [0.2, 0.25) is 0 Å². The molecule has 1 aliphatic carbocycles. The molecule has 1 spiro atoms. The van der Waals surface area contributed by atoms with Gasteiger partial charge in [-0.05, 0) is 24.8 Å². The molecule has 2 aliphatic rings. The van der Waals surface area contributed by atoms with Crippen molar-refractivity contribution >= 4 is 0 Å². The molecule has 1 saturated carbocycles. The molecule has 0 unspecified atom stereocenters. The molecule has 1 heterocycles. The van der Waals surface area contributed by atoms with Crippen LogP contribution in [0.15, 0.2) is 30.3 Å². The SMILES string of the molecule is COC[C@@H]1CCC[C@@]12CN(CCc1ccccc1)CCO2. The monoisotopic (exact) mass is 289 g/mol. The Kier molecular flexibility index (Phi) is 4.94. The highest BCUT2D eigenvalue weighted by atomic mass is 16.5. The summed E-state index contributed by atoms with van der Waals surface area (Å²) in [5.74, 6) is 0.571. The third-order valence-electron chi connectivity index (χ3n) is 5.11. The summed E-state index contributed by atoms with van der Waals surface area (Å²) in [4.78, 5) is 2.59. The van der Waals surface area contributed by atoms with E-state index in [2.05, 4.69) is 35.2 Å². The zero-order valence-electron chi connectivity index (χ0n) is 13.1. The standard InChI is InChI=1S/C18H27NO2/c1-20-14-17-8-5-10-18(17)15-19(12-13-21-18)11-9-16-6-3-2-4-7-16/h2-4,6-7,17H,5,8-15H2,1H3/t17-,18+/m0/s1. The van der Waals surface area contributed by atoms with Gasteiger partial charge >= 0.3 is 0 Å². The Morgan fingerprint density at radius 2 is 2.19 bits per heavy atom. The number of rotatable bonds is 5. The van der Waals surface area contributed by atoms with Gasteiger partial charge in [-0.3, -0.25) is 4.90 Å². The summed E-state index contributed by atoms with van der Waals surface area (Å²) in [5.41, 5.74) is 1.49. The highest BCUT2D eigenvalue weighted by molar-refractivity contribution is 5.15. The molecule has 0 aromatic heterocycles. The van der Waals surface area contributed by atoms with Gasteiger partial charge < -0.3 is 9.47 Å². The van der Waals surface area contributed by atoms with Crippen LogP contribution in [0.4, 0.5) is 0 Å². The zero-order chi connectivity index (χ0) is 14.5. The van der Waals surface area contributed by atoms with Gasteiger partial charge in [-0.2, -0.15) is 0 Å². The zero-order valence-corrected chi connectivity index (χ0v) is 13.1. The first-order valence-corrected chi connectivity index (χ1v) is 8.21. The number of morpholine rings is 1. The average molecular weight is 289 g/mol. The quantitative estimate of drug-likeness (QED) is 0.832. The lowest BCUT2D eigenvalue weighted by Gasteiger charge is -2.44. The molecule has 3 heteroatoms. The Bertz CT molecular complexity index is 436. The number of ether oxygens (including phenoxy) is 2. The van der Waals surface area contributed by atoms with Gasteiger partial charge in [-0.15, -0.1) is 0 Å². The maximum Gasteiger partial charge on any atom is 0.0859 e. The Labute approximate surface area is 128 Å². The molecular weight excluding hydrogens is 262 g/mol. The van der Waals surface area contributed by atoms with E-state index in [0.717, 1.165) is 39.3 Å². The van der Waals surface area contributed by atoms with Gasteiger partial charge in [0.15, 0.2) is 0 Å². The lowest BCUT2D eigenvalue weighted by Crippen LogP contribution is -2.55. The highest BCUT2D eigenvalue weighted by Crippen LogP contribution is 2.41. The predicted molar refractivity (Wildman–Crippen MR) is 84.5 cm³/mol. The minimum absolute atomic E-state index is 0.0605. The molecule has 2 atom stereocenters. The molecule has 3 rings (SSSR count). The molecule has 0 radical (unpaired) electrons. The summed E-state index contributed by atoms with van der Waals surface area (Å²) < 4.78 is 11.7. The first-order valence-electron chi connectivity index (χ1n) is 8.21. The van der Waals surface area contributed by atoms with Crippen molar-refractivity contribution in [2.75, 3.05) is 40.0 Å². The Hall–Kier alpha value is -0.900. The molecule has 21 heavy (non-hydrogen) atoms. The Morgan fingerprint density at radius 3 is 3.00 bits per heavy atom. The minimum Gasteiger partial charge on any atom is -0.384 e. The van der Waals surface area contributed by atoms with E-state index in [9.17, 15) is 0 Å². The molecule has 2 fully saturated rings. The molecule has 1 aliphatic heterocycles. The fraction of sp³-hybridized carbons (Fsp3) is 0.667. The first-order chi connectivity index (χ1) is 10.3. The molecule has 0 amide bonds. The van der Waals surface area contributed by atoms with Crippen molar-refractivity contribution in [3.63, 3.8) is 0 Å². The van der Waals surface area contributed by atoms with Gasteiger partial charge in [-0.25, -0.2) is 0 Å². The average Bonchev–Trinajstić information content (AvgIpc) is 2.89. The molecule has 0 bridgehead atoms. The van der Waals surface area contributed by atoms with Crippen molar-refractivity contribution in [1.29, 1.82) is 0 Å². The smallest absolute Gasteiger partial charge is 0.0859 e. The maximum atomic E-state index is 6.25. The third kappa shape index (κ3) is 3.47. The van der Waals surface area contributed by atoms with Gasteiger partial charge in [0, 0.05) is 32.7 Å². The van der Waals surface area contributed by atoms with Crippen LogP contribution in [0.25, 0.3) is 0 Å². The molecule has 1 aromatic carbocycles. The van der Waals surface area contributed by atoms with Crippen LogP contribution in [-0.2, 0) is 15.9 Å². The summed E-state index contributed by atoms with van der Waals surface area (Å²) in [6.45, 7) is 4.98. The van der Waals surface area contributed by atoms with Crippen molar-refractivity contribution in [2.24, 2.45) is 5.92 Å². The van der Waals surface area contributed by atoms with Gasteiger partial charge in [0.05, 0.1) is 18.8 Å². The van der Waals surface area contributed by atoms with E-state index < -0.39 is 0 Å². The first kappa shape index (κ1) is 15.0. The maximum absolute atomic E-state index is 6.25. The number of hydrogen-bond donors (Lipinski definition) is 0. The van der Waals surface area contributed by atoms with Crippen molar-refractivity contribution in [2.45, 2.75) is 31.3 Å². The van der Waals surface area contributed by atoms with Crippen molar-refractivity contribution in [3.05, 3.63) is 35.9 Å². The van der Waals surface area contributed by atoms with Crippen LogP contribution < -0.4 is 0 Å². The molecular formula is C18H27NO2. The lowest BCUT2D eigenvalue weighted by atomic mass is 9.89. The number of benzene rings is 1. The Morgan fingerprint density at radius 1 is 1.33 bits per heavy atom. The molecule has 116 valence electrons. The van der Waals surface area contributed by atoms with Gasteiger partial charge in [0.25, 0.3) is 0 Å². The Balaban J connectivity index is 1.58. The van der Waals surface area contributed by atoms with E-state index in [-0.39, 0.29) is 5.60 Å². The topological polar surface area (TPSA) is 21.7 Å². The normalized spacial score (nSPS) is 30.0. The van der Waals surface area contributed by atoms with Crippen molar-refractivity contribution in [1.82, 2.24) is 4.90 Å². The number of hydrogen-bond acceptors (Lipinski definition) is 3. The molecule has 1 aromatic rings. The summed E-state index contributed by atoms with van der Waals surface area (Å²) in [5, 5.41) is 0. The summed E-state index contributed by atoms with van der Waals surface area (Å²) in [6.07, 6.45) is 4.86. The van der Waals surface area contributed by atoms with Crippen LogP contribution >= 0.6 is 0 Å². The van der Waals surface area contributed by atoms with E-state index in [4.69, 9.17) is 9.47 Å². The van der Waals surface area contributed by atoms with Crippen LogP contribution in [0, 0.1) is 5.92 Å². The van der Waals surface area contributed by atoms with Crippen LogP contribution in [0.3, 0.4) is 0 Å². The van der Waals surface area contributed by atoms with E-state index >= 15 is 0 Å². The van der Waals surface area contributed by atoms with Gasteiger partial charge in [0.2, 0.25) is 0 Å². The van der Waals surface area contributed by atoms with Crippen LogP contribution in [0.5, 0.6) is 0 Å². The second-order valence-electron chi connectivity index (χ2n) is 6.47. The highest BCUT2D eigenvalue weighted by Gasteiger charge is 2.46. The van der Waals surface area contributed by atoms with E-state index in [0.29, 0.717) is 5.92 Å². The predicted octanol–water partition coefficient (Wildman–Crippen LogP) is 2.75. The van der Waals surface area contributed by atoms with Gasteiger partial charge in [0.1, 0.15) is 0 Å².